The van der Waals surface area contributed by atoms with E-state index in [1.165, 1.54) is 7.11 Å². The van der Waals surface area contributed by atoms with E-state index in [1.807, 2.05) is 6.92 Å². The van der Waals surface area contributed by atoms with Gasteiger partial charge in [-0.1, -0.05) is 6.92 Å². The zero-order valence-electron chi connectivity index (χ0n) is 8.78. The first-order chi connectivity index (χ1) is 6.70. The Morgan fingerprint density at radius 3 is 2.79 bits per heavy atom. The van der Waals surface area contributed by atoms with E-state index in [4.69, 9.17) is 0 Å². The second-order valence-corrected chi connectivity index (χ2v) is 3.52. The fourth-order valence-electron chi connectivity index (χ4n) is 1.80. The number of hydrogen-bond acceptors (Lipinski definition) is 3. The van der Waals surface area contributed by atoms with Gasteiger partial charge < -0.3 is 9.64 Å². The number of ether oxygens (including phenoxy) is 1. The maximum atomic E-state index is 11.6. The van der Waals surface area contributed by atoms with Crippen molar-refractivity contribution in [3.8, 4) is 0 Å². The Bertz CT molecular complexity index is 227. The molecule has 0 aromatic heterocycles. The maximum absolute atomic E-state index is 11.6. The molecule has 4 heteroatoms. The van der Waals surface area contributed by atoms with Crippen LogP contribution in [0.4, 0.5) is 0 Å². The third-order valence-electron chi connectivity index (χ3n) is 2.51. The monoisotopic (exact) mass is 199 g/mol. The molecule has 1 fully saturated rings. The van der Waals surface area contributed by atoms with E-state index >= 15 is 0 Å². The highest BCUT2D eigenvalue weighted by Crippen LogP contribution is 2.19. The van der Waals surface area contributed by atoms with Crippen molar-refractivity contribution in [1.29, 1.82) is 0 Å². The summed E-state index contributed by atoms with van der Waals surface area (Å²) in [7, 11) is 1.36. The first-order valence-corrected chi connectivity index (χ1v) is 5.08. The Hall–Kier alpha value is -1.06. The molecule has 1 amide bonds. The predicted octanol–water partition coefficient (Wildman–Crippen LogP) is 0.950. The highest BCUT2D eigenvalue weighted by Gasteiger charge is 2.33. The van der Waals surface area contributed by atoms with Gasteiger partial charge >= 0.3 is 5.97 Å². The van der Waals surface area contributed by atoms with Crippen LogP contribution in [0, 0.1) is 0 Å². The van der Waals surface area contributed by atoms with E-state index in [1.54, 1.807) is 4.90 Å². The SMILES string of the molecule is CCCC(=O)N1CCC[C@H]1C(=O)OC. The molecule has 14 heavy (non-hydrogen) atoms. The number of hydrogen-bond donors (Lipinski definition) is 0. The summed E-state index contributed by atoms with van der Waals surface area (Å²) in [5.41, 5.74) is 0. The van der Waals surface area contributed by atoms with Gasteiger partial charge in [-0.25, -0.2) is 4.79 Å². The van der Waals surface area contributed by atoms with Crippen LogP contribution in [0.3, 0.4) is 0 Å². The van der Waals surface area contributed by atoms with Gasteiger partial charge in [0, 0.05) is 13.0 Å². The standard InChI is InChI=1S/C10H17NO3/c1-3-5-9(12)11-7-4-6-8(11)10(13)14-2/h8H,3-7H2,1-2H3/t8-/m0/s1. The molecule has 1 heterocycles. The van der Waals surface area contributed by atoms with Crippen molar-refractivity contribution in [1.82, 2.24) is 4.90 Å². The van der Waals surface area contributed by atoms with Crippen molar-refractivity contribution < 1.29 is 14.3 Å². The Balaban J connectivity index is 2.59. The molecule has 1 saturated heterocycles. The number of carbonyl (C=O) groups is 2. The Morgan fingerprint density at radius 1 is 1.50 bits per heavy atom. The molecule has 1 aliphatic heterocycles. The first-order valence-electron chi connectivity index (χ1n) is 5.08. The Kier molecular flexibility index (Phi) is 3.92. The van der Waals surface area contributed by atoms with Gasteiger partial charge in [0.25, 0.3) is 0 Å². The van der Waals surface area contributed by atoms with Gasteiger partial charge in [0.1, 0.15) is 6.04 Å². The quantitative estimate of drug-likeness (QED) is 0.636. The molecular formula is C10H17NO3. The summed E-state index contributed by atoms with van der Waals surface area (Å²) in [4.78, 5) is 24.6. The van der Waals surface area contributed by atoms with Gasteiger partial charge in [0.05, 0.1) is 7.11 Å². The van der Waals surface area contributed by atoms with Gasteiger partial charge in [-0.3, -0.25) is 4.79 Å². The second-order valence-electron chi connectivity index (χ2n) is 3.52. The molecule has 80 valence electrons. The lowest BCUT2D eigenvalue weighted by Crippen LogP contribution is -2.40. The third-order valence-corrected chi connectivity index (χ3v) is 2.51. The molecule has 0 N–H and O–H groups in total. The molecule has 0 aromatic carbocycles. The smallest absolute Gasteiger partial charge is 0.328 e. The van der Waals surface area contributed by atoms with Gasteiger partial charge in [-0.05, 0) is 19.3 Å². The minimum Gasteiger partial charge on any atom is -0.467 e. The van der Waals surface area contributed by atoms with Gasteiger partial charge in [0.15, 0.2) is 0 Å². The molecular weight excluding hydrogens is 182 g/mol. The van der Waals surface area contributed by atoms with Crippen molar-refractivity contribution in [3.05, 3.63) is 0 Å². The summed E-state index contributed by atoms with van der Waals surface area (Å²) < 4.78 is 4.66. The van der Waals surface area contributed by atoms with Gasteiger partial charge in [-0.15, -0.1) is 0 Å². The summed E-state index contributed by atoms with van der Waals surface area (Å²) in [5.74, 6) is -0.215. The molecule has 0 unspecified atom stereocenters. The highest BCUT2D eigenvalue weighted by atomic mass is 16.5. The number of carbonyl (C=O) groups excluding carboxylic acids is 2. The van der Waals surface area contributed by atoms with Crippen molar-refractivity contribution >= 4 is 11.9 Å². The van der Waals surface area contributed by atoms with Crippen molar-refractivity contribution in [3.63, 3.8) is 0 Å². The summed E-state index contributed by atoms with van der Waals surface area (Å²) in [6.45, 7) is 2.65. The summed E-state index contributed by atoms with van der Waals surface area (Å²) in [6.07, 6.45) is 2.98. The molecule has 1 rings (SSSR count). The van der Waals surface area contributed by atoms with E-state index < -0.39 is 0 Å². The number of rotatable bonds is 3. The number of esters is 1. The lowest BCUT2D eigenvalue weighted by Gasteiger charge is -2.22. The van der Waals surface area contributed by atoms with Crippen LogP contribution in [0.15, 0.2) is 0 Å². The minimum absolute atomic E-state index is 0.0698. The normalized spacial score (nSPS) is 21.0. The molecule has 0 bridgehead atoms. The van der Waals surface area contributed by atoms with E-state index in [0.717, 1.165) is 19.3 Å². The fraction of sp³-hybridized carbons (Fsp3) is 0.800. The van der Waals surface area contributed by atoms with Gasteiger partial charge in [-0.2, -0.15) is 0 Å². The van der Waals surface area contributed by atoms with E-state index in [2.05, 4.69) is 4.74 Å². The second kappa shape index (κ2) is 4.98. The molecule has 1 aliphatic rings. The van der Waals surface area contributed by atoms with Crippen LogP contribution in [-0.2, 0) is 14.3 Å². The number of amides is 1. The van der Waals surface area contributed by atoms with Crippen molar-refractivity contribution in [2.24, 2.45) is 0 Å². The fourth-order valence-corrected chi connectivity index (χ4v) is 1.80. The largest absolute Gasteiger partial charge is 0.467 e. The Labute approximate surface area is 84.2 Å². The first kappa shape index (κ1) is 11.0. The average Bonchev–Trinajstić information content (AvgIpc) is 2.65. The van der Waals surface area contributed by atoms with E-state index in [-0.39, 0.29) is 17.9 Å². The molecule has 0 saturated carbocycles. The number of nitrogens with zero attached hydrogens (tertiary/aromatic N) is 1. The maximum Gasteiger partial charge on any atom is 0.328 e. The van der Waals surface area contributed by atoms with Crippen LogP contribution in [-0.4, -0.2) is 36.5 Å². The zero-order chi connectivity index (χ0) is 10.6. The van der Waals surface area contributed by atoms with Crippen LogP contribution in [0.5, 0.6) is 0 Å². The summed E-state index contributed by atoms with van der Waals surface area (Å²) in [5, 5.41) is 0. The topological polar surface area (TPSA) is 46.6 Å². The molecule has 4 nitrogen and oxygen atoms in total. The molecule has 0 spiro atoms. The predicted molar refractivity (Wildman–Crippen MR) is 51.7 cm³/mol. The Morgan fingerprint density at radius 2 is 2.21 bits per heavy atom. The van der Waals surface area contributed by atoms with Crippen LogP contribution in [0.25, 0.3) is 0 Å². The molecule has 0 aliphatic carbocycles. The summed E-state index contributed by atoms with van der Waals surface area (Å²) >= 11 is 0. The average molecular weight is 199 g/mol. The third kappa shape index (κ3) is 2.25. The molecule has 0 radical (unpaired) electrons. The summed E-state index contributed by atoms with van der Waals surface area (Å²) in [6, 6.07) is -0.334. The van der Waals surface area contributed by atoms with Crippen molar-refractivity contribution in [2.75, 3.05) is 13.7 Å². The minimum atomic E-state index is -0.334. The van der Waals surface area contributed by atoms with Crippen LogP contribution in [0.1, 0.15) is 32.6 Å². The lowest BCUT2D eigenvalue weighted by molar-refractivity contribution is -0.150. The van der Waals surface area contributed by atoms with Gasteiger partial charge in [0.2, 0.25) is 5.91 Å². The van der Waals surface area contributed by atoms with Crippen LogP contribution < -0.4 is 0 Å². The van der Waals surface area contributed by atoms with E-state index in [0.29, 0.717) is 13.0 Å². The zero-order valence-corrected chi connectivity index (χ0v) is 8.78. The highest BCUT2D eigenvalue weighted by molar-refractivity contribution is 5.85. The van der Waals surface area contributed by atoms with Crippen molar-refractivity contribution in [2.45, 2.75) is 38.6 Å². The molecule has 1 atom stereocenters. The lowest BCUT2D eigenvalue weighted by atomic mass is 10.2. The van der Waals surface area contributed by atoms with Crippen LogP contribution in [0.2, 0.25) is 0 Å². The number of methoxy groups -OCH3 is 1. The van der Waals surface area contributed by atoms with E-state index in [9.17, 15) is 9.59 Å². The molecule has 0 aromatic rings. The van der Waals surface area contributed by atoms with Crippen LogP contribution >= 0.6 is 0 Å². The number of likely N-dealkylation sites (tertiary alicyclic amines) is 1.